The van der Waals surface area contributed by atoms with E-state index in [2.05, 4.69) is 15.2 Å². The Bertz CT molecular complexity index is 948. The zero-order valence-electron chi connectivity index (χ0n) is 18.3. The van der Waals surface area contributed by atoms with Crippen LogP contribution in [0.15, 0.2) is 16.8 Å². The summed E-state index contributed by atoms with van der Waals surface area (Å²) < 4.78 is 44.4. The molecule has 0 saturated carbocycles. The molecule has 2 aromatic rings. The quantitative estimate of drug-likeness (QED) is 0.717. The van der Waals surface area contributed by atoms with Crippen molar-refractivity contribution in [3.63, 3.8) is 0 Å². The number of morpholine rings is 1. The molecule has 2 aromatic heterocycles. The van der Waals surface area contributed by atoms with Crippen LogP contribution in [0.5, 0.6) is 0 Å². The number of fused-ring (bicyclic) bond motifs is 1. The van der Waals surface area contributed by atoms with E-state index in [-0.39, 0.29) is 11.9 Å². The molecule has 2 aliphatic heterocycles. The molecule has 10 nitrogen and oxygen atoms in total. The molecule has 4 rings (SSSR count). The summed E-state index contributed by atoms with van der Waals surface area (Å²) in [5.74, 6) is -1.71. The number of ether oxygens (including phenoxy) is 1. The number of carboxylic acid groups (broad SMARTS) is 1. The fraction of sp³-hybridized carbons (Fsp3) is 0.600. The van der Waals surface area contributed by atoms with Crippen molar-refractivity contribution in [2.45, 2.75) is 45.6 Å². The van der Waals surface area contributed by atoms with Crippen LogP contribution in [-0.4, -0.2) is 80.7 Å². The maximum absolute atomic E-state index is 12.7. The first kappa shape index (κ1) is 24.7. The molecular formula is C20H26F3N5O5. The summed E-state index contributed by atoms with van der Waals surface area (Å²) in [4.78, 5) is 25.9. The van der Waals surface area contributed by atoms with Gasteiger partial charge in [0.15, 0.2) is 0 Å². The summed E-state index contributed by atoms with van der Waals surface area (Å²) in [5.41, 5.74) is 3.21. The van der Waals surface area contributed by atoms with Crippen molar-refractivity contribution in [1.29, 1.82) is 0 Å². The first-order valence-electron chi connectivity index (χ1n) is 10.4. The number of hydrogen-bond donors (Lipinski definition) is 1. The lowest BCUT2D eigenvalue weighted by Gasteiger charge is -2.35. The molecule has 1 fully saturated rings. The van der Waals surface area contributed by atoms with Gasteiger partial charge in [0.1, 0.15) is 5.76 Å². The number of carbonyl (C=O) groups excluding carboxylic acids is 1. The molecule has 13 heteroatoms. The van der Waals surface area contributed by atoms with Gasteiger partial charge in [0, 0.05) is 44.5 Å². The number of aryl methyl sites for hydroxylation is 2. The Balaban J connectivity index is 0.000000383. The Morgan fingerprint density at radius 1 is 1.24 bits per heavy atom. The number of nitrogens with zero attached hydrogens (tertiary/aromatic N) is 5. The summed E-state index contributed by atoms with van der Waals surface area (Å²) in [5, 5.41) is 15.6. The number of aromatic nitrogens is 3. The first-order chi connectivity index (χ1) is 15.6. The van der Waals surface area contributed by atoms with Crippen molar-refractivity contribution >= 4 is 11.9 Å². The topological polar surface area (TPSA) is 114 Å². The van der Waals surface area contributed by atoms with Crippen LogP contribution >= 0.6 is 0 Å². The maximum atomic E-state index is 12.7. The van der Waals surface area contributed by atoms with Crippen molar-refractivity contribution in [2.24, 2.45) is 0 Å². The molecule has 4 heterocycles. The molecule has 1 saturated heterocycles. The smallest absolute Gasteiger partial charge is 0.475 e. The van der Waals surface area contributed by atoms with Crippen molar-refractivity contribution in [2.75, 3.05) is 32.8 Å². The maximum Gasteiger partial charge on any atom is 0.490 e. The number of carbonyl (C=O) groups is 2. The first-order valence-corrected chi connectivity index (χ1v) is 10.4. The number of rotatable bonds is 4. The van der Waals surface area contributed by atoms with Crippen LogP contribution in [0.4, 0.5) is 13.2 Å². The Morgan fingerprint density at radius 3 is 2.48 bits per heavy atom. The highest BCUT2D eigenvalue weighted by atomic mass is 19.4. The van der Waals surface area contributed by atoms with Gasteiger partial charge in [-0.15, -0.1) is 0 Å². The predicted octanol–water partition coefficient (Wildman–Crippen LogP) is 1.93. The highest BCUT2D eigenvalue weighted by molar-refractivity contribution is 5.76. The van der Waals surface area contributed by atoms with Gasteiger partial charge in [-0.2, -0.15) is 18.3 Å². The largest absolute Gasteiger partial charge is 0.490 e. The Morgan fingerprint density at radius 2 is 1.91 bits per heavy atom. The lowest BCUT2D eigenvalue weighted by molar-refractivity contribution is -0.192. The lowest BCUT2D eigenvalue weighted by atomic mass is 10.1. The number of hydrogen-bond acceptors (Lipinski definition) is 7. The van der Waals surface area contributed by atoms with E-state index < -0.39 is 12.1 Å². The molecule has 0 aliphatic carbocycles. The molecule has 182 valence electrons. The van der Waals surface area contributed by atoms with Crippen LogP contribution in [-0.2, 0) is 27.4 Å². The Kier molecular flexibility index (Phi) is 7.74. The Labute approximate surface area is 187 Å². The van der Waals surface area contributed by atoms with Gasteiger partial charge in [0.05, 0.1) is 37.1 Å². The number of alkyl halides is 3. The monoisotopic (exact) mass is 473 g/mol. The van der Waals surface area contributed by atoms with Crippen LogP contribution < -0.4 is 0 Å². The van der Waals surface area contributed by atoms with Crippen molar-refractivity contribution in [3.05, 3.63) is 35.0 Å². The molecule has 0 aromatic carbocycles. The zero-order chi connectivity index (χ0) is 24.2. The fourth-order valence-electron chi connectivity index (χ4n) is 3.83. The summed E-state index contributed by atoms with van der Waals surface area (Å²) >= 11 is 0. The molecule has 0 spiro atoms. The third-order valence-corrected chi connectivity index (χ3v) is 5.53. The van der Waals surface area contributed by atoms with Crippen molar-refractivity contribution < 1.29 is 37.1 Å². The fourth-order valence-corrected chi connectivity index (χ4v) is 3.83. The van der Waals surface area contributed by atoms with Crippen LogP contribution in [0.2, 0.25) is 0 Å². The molecule has 0 radical (unpaired) electrons. The van der Waals surface area contributed by atoms with E-state index in [1.807, 2.05) is 35.7 Å². The average molecular weight is 473 g/mol. The predicted molar refractivity (Wildman–Crippen MR) is 107 cm³/mol. The molecule has 1 atom stereocenters. The van der Waals surface area contributed by atoms with Gasteiger partial charge in [-0.25, -0.2) is 4.79 Å². The van der Waals surface area contributed by atoms with Gasteiger partial charge in [-0.3, -0.25) is 14.4 Å². The second kappa shape index (κ2) is 10.3. The molecular weight excluding hydrogens is 447 g/mol. The van der Waals surface area contributed by atoms with Gasteiger partial charge >= 0.3 is 12.1 Å². The van der Waals surface area contributed by atoms with E-state index in [0.717, 1.165) is 42.3 Å². The minimum atomic E-state index is -5.08. The average Bonchev–Trinajstić information content (AvgIpc) is 3.36. The number of amides is 1. The zero-order valence-corrected chi connectivity index (χ0v) is 18.3. The number of halogens is 3. The van der Waals surface area contributed by atoms with Gasteiger partial charge in [0.25, 0.3) is 0 Å². The number of aliphatic carboxylic acids is 1. The third kappa shape index (κ3) is 6.32. The summed E-state index contributed by atoms with van der Waals surface area (Å²) in [6, 6.07) is 2.08. The van der Waals surface area contributed by atoms with E-state index in [0.29, 0.717) is 32.7 Å². The molecule has 1 unspecified atom stereocenters. The summed E-state index contributed by atoms with van der Waals surface area (Å²) in [7, 11) is 0. The SMILES string of the molecule is Cc1noc(C)c1CN1Cc2ccnn2C(CC(=O)N2CCOCC2)C1.O=C(O)C(F)(F)F. The van der Waals surface area contributed by atoms with E-state index in [9.17, 15) is 18.0 Å². The lowest BCUT2D eigenvalue weighted by Crippen LogP contribution is -2.44. The normalized spacial score (nSPS) is 18.9. The minimum absolute atomic E-state index is 0.0459. The molecule has 33 heavy (non-hydrogen) atoms. The molecule has 1 N–H and O–H groups in total. The second-order valence-corrected chi connectivity index (χ2v) is 7.89. The van der Waals surface area contributed by atoms with E-state index >= 15 is 0 Å². The summed E-state index contributed by atoms with van der Waals surface area (Å²) in [6.45, 7) is 8.90. The van der Waals surface area contributed by atoms with Crippen LogP contribution in [0.25, 0.3) is 0 Å². The van der Waals surface area contributed by atoms with Gasteiger partial charge in [-0.1, -0.05) is 5.16 Å². The van der Waals surface area contributed by atoms with E-state index in [1.54, 1.807) is 0 Å². The van der Waals surface area contributed by atoms with Gasteiger partial charge in [-0.05, 0) is 19.9 Å². The summed E-state index contributed by atoms with van der Waals surface area (Å²) in [6.07, 6.45) is -2.80. The highest BCUT2D eigenvalue weighted by Crippen LogP contribution is 2.26. The van der Waals surface area contributed by atoms with Crippen molar-refractivity contribution in [3.8, 4) is 0 Å². The van der Waals surface area contributed by atoms with Crippen LogP contribution in [0.3, 0.4) is 0 Å². The van der Waals surface area contributed by atoms with E-state index in [4.69, 9.17) is 19.2 Å². The minimum Gasteiger partial charge on any atom is -0.475 e. The van der Waals surface area contributed by atoms with Gasteiger partial charge in [0.2, 0.25) is 5.91 Å². The molecule has 2 aliphatic rings. The molecule has 0 bridgehead atoms. The standard InChI is InChI=1S/C18H25N5O3.C2HF3O2/c1-13-17(14(2)26-20-13)12-21-10-15-3-4-19-23(15)16(11-21)9-18(24)22-5-7-25-8-6-22;3-2(4,5)1(6)7/h3-4,16H,5-12H2,1-2H3;(H,6,7). The number of carboxylic acids is 1. The van der Waals surface area contributed by atoms with Crippen LogP contribution in [0.1, 0.15) is 35.2 Å². The van der Waals surface area contributed by atoms with Crippen LogP contribution in [0, 0.1) is 13.8 Å². The third-order valence-electron chi connectivity index (χ3n) is 5.53. The molecule has 1 amide bonds. The second-order valence-electron chi connectivity index (χ2n) is 7.89. The highest BCUT2D eigenvalue weighted by Gasteiger charge is 2.38. The Hall–Kier alpha value is -2.93. The van der Waals surface area contributed by atoms with Gasteiger partial charge < -0.3 is 19.3 Å². The van der Waals surface area contributed by atoms with Crippen molar-refractivity contribution in [1.82, 2.24) is 24.7 Å². The van der Waals surface area contributed by atoms with E-state index in [1.165, 1.54) is 0 Å².